The first-order chi connectivity index (χ1) is 10.1. The number of carbonyl (C=O) groups excluding carboxylic acids is 1. The van der Waals surface area contributed by atoms with Gasteiger partial charge in [0.25, 0.3) is 0 Å². The number of ether oxygens (including phenoxy) is 2. The molecule has 0 saturated heterocycles. The maximum absolute atomic E-state index is 12.1. The highest BCUT2D eigenvalue weighted by Gasteiger charge is 2.31. The molecule has 124 valence electrons. The Morgan fingerprint density at radius 1 is 1.18 bits per heavy atom. The third-order valence-corrected chi connectivity index (χ3v) is 2.82. The molecule has 1 aromatic carbocycles. The number of halogens is 3. The van der Waals surface area contributed by atoms with Crippen LogP contribution in [0.2, 0.25) is 0 Å². The number of carbonyl (C=O) groups is 1. The van der Waals surface area contributed by atoms with Gasteiger partial charge in [0.15, 0.2) is 0 Å². The van der Waals surface area contributed by atoms with E-state index in [9.17, 15) is 18.0 Å². The van der Waals surface area contributed by atoms with E-state index in [4.69, 9.17) is 4.74 Å². The van der Waals surface area contributed by atoms with Crippen LogP contribution < -0.4 is 10.1 Å². The second-order valence-electron chi connectivity index (χ2n) is 5.41. The van der Waals surface area contributed by atoms with Crippen LogP contribution in [0.3, 0.4) is 0 Å². The molecule has 0 radical (unpaired) electrons. The number of nitrogens with one attached hydrogen (secondary N) is 1. The highest BCUT2D eigenvalue weighted by Crippen LogP contribution is 2.23. The minimum absolute atomic E-state index is 0.204. The zero-order valence-electron chi connectivity index (χ0n) is 12.8. The fourth-order valence-electron chi connectivity index (χ4n) is 1.79. The number of alkyl halides is 3. The third-order valence-electron chi connectivity index (χ3n) is 2.82. The highest BCUT2D eigenvalue weighted by molar-refractivity contribution is 5.70. The molecule has 0 atom stereocenters. The van der Waals surface area contributed by atoms with Crippen LogP contribution in [0.5, 0.6) is 5.75 Å². The van der Waals surface area contributed by atoms with Crippen molar-refractivity contribution in [2.24, 2.45) is 0 Å². The number of hydrogen-bond acceptors (Lipinski definition) is 4. The summed E-state index contributed by atoms with van der Waals surface area (Å²) < 4.78 is 44.8. The summed E-state index contributed by atoms with van der Waals surface area (Å²) in [5.74, 6) is -0.559. The molecular formula is C15H20F3NO3. The van der Waals surface area contributed by atoms with E-state index in [2.05, 4.69) is 10.1 Å². The fourth-order valence-corrected chi connectivity index (χ4v) is 1.79. The smallest absolute Gasteiger partial charge is 0.466 e. The lowest BCUT2D eigenvalue weighted by molar-refractivity contribution is -0.274. The molecule has 0 heterocycles. The van der Waals surface area contributed by atoms with E-state index in [1.54, 1.807) is 6.92 Å². The summed E-state index contributed by atoms with van der Waals surface area (Å²) in [5, 5.41) is 3.17. The summed E-state index contributed by atoms with van der Waals surface area (Å²) >= 11 is 0. The second-order valence-corrected chi connectivity index (χ2v) is 5.41. The van der Waals surface area contributed by atoms with Crippen molar-refractivity contribution in [1.29, 1.82) is 0 Å². The maximum atomic E-state index is 12.1. The molecule has 0 aliphatic rings. The predicted octanol–water partition coefficient (Wildman–Crippen LogP) is 3.41. The normalized spacial score (nSPS) is 12.1. The monoisotopic (exact) mass is 319 g/mol. The van der Waals surface area contributed by atoms with Gasteiger partial charge in [-0.1, -0.05) is 12.1 Å². The SMILES string of the molecule is CCOC(=O)CC(C)(C)NCc1ccc(OC(F)(F)F)cc1. The molecule has 0 spiro atoms. The van der Waals surface area contributed by atoms with E-state index in [-0.39, 0.29) is 18.1 Å². The van der Waals surface area contributed by atoms with Gasteiger partial charge in [0.2, 0.25) is 0 Å². The number of rotatable bonds is 7. The van der Waals surface area contributed by atoms with E-state index in [1.165, 1.54) is 24.3 Å². The largest absolute Gasteiger partial charge is 0.573 e. The fraction of sp³-hybridized carbons (Fsp3) is 0.533. The molecule has 0 amide bonds. The van der Waals surface area contributed by atoms with Crippen LogP contribution in [0.1, 0.15) is 32.8 Å². The molecule has 22 heavy (non-hydrogen) atoms. The second kappa shape index (κ2) is 7.49. The third kappa shape index (κ3) is 7.31. The molecular weight excluding hydrogens is 299 g/mol. The molecule has 0 unspecified atom stereocenters. The minimum Gasteiger partial charge on any atom is -0.466 e. The van der Waals surface area contributed by atoms with Gasteiger partial charge in [-0.3, -0.25) is 4.79 Å². The van der Waals surface area contributed by atoms with Crippen molar-refractivity contribution in [3.63, 3.8) is 0 Å². The first-order valence-corrected chi connectivity index (χ1v) is 6.86. The van der Waals surface area contributed by atoms with E-state index >= 15 is 0 Å². The quantitative estimate of drug-likeness (QED) is 0.783. The Morgan fingerprint density at radius 3 is 2.27 bits per heavy atom. The molecule has 0 aliphatic carbocycles. The summed E-state index contributed by atoms with van der Waals surface area (Å²) in [6, 6.07) is 5.58. The Morgan fingerprint density at radius 2 is 1.77 bits per heavy atom. The summed E-state index contributed by atoms with van der Waals surface area (Å²) in [4.78, 5) is 11.5. The van der Waals surface area contributed by atoms with Crippen LogP contribution in [0, 0.1) is 0 Å². The van der Waals surface area contributed by atoms with Crippen LogP contribution in [0.25, 0.3) is 0 Å². The highest BCUT2D eigenvalue weighted by atomic mass is 19.4. The number of esters is 1. The predicted molar refractivity (Wildman–Crippen MR) is 75.3 cm³/mol. The van der Waals surface area contributed by atoms with Crippen molar-refractivity contribution in [3.05, 3.63) is 29.8 Å². The van der Waals surface area contributed by atoms with Gasteiger partial charge in [-0.25, -0.2) is 0 Å². The summed E-state index contributed by atoms with van der Waals surface area (Å²) in [6.07, 6.45) is -4.49. The lowest BCUT2D eigenvalue weighted by Gasteiger charge is -2.25. The van der Waals surface area contributed by atoms with Gasteiger partial charge in [-0.05, 0) is 38.5 Å². The molecule has 1 aromatic rings. The molecule has 1 rings (SSSR count). The molecule has 4 nitrogen and oxygen atoms in total. The first-order valence-electron chi connectivity index (χ1n) is 6.86. The number of hydrogen-bond donors (Lipinski definition) is 1. The molecule has 0 aromatic heterocycles. The van der Waals surface area contributed by atoms with Crippen molar-refractivity contribution in [2.45, 2.75) is 45.6 Å². The Hall–Kier alpha value is -1.76. The molecule has 1 N–H and O–H groups in total. The zero-order chi connectivity index (χ0) is 16.8. The van der Waals surface area contributed by atoms with Crippen LogP contribution in [0.15, 0.2) is 24.3 Å². The average molecular weight is 319 g/mol. The van der Waals surface area contributed by atoms with Crippen molar-refractivity contribution in [3.8, 4) is 5.75 Å². The lowest BCUT2D eigenvalue weighted by Crippen LogP contribution is -2.41. The topological polar surface area (TPSA) is 47.6 Å². The van der Waals surface area contributed by atoms with E-state index in [0.29, 0.717) is 13.2 Å². The van der Waals surface area contributed by atoms with Gasteiger partial charge >= 0.3 is 12.3 Å². The Balaban J connectivity index is 2.52. The maximum Gasteiger partial charge on any atom is 0.573 e. The van der Waals surface area contributed by atoms with Gasteiger partial charge in [-0.15, -0.1) is 13.2 Å². The Labute approximate surface area is 127 Å². The van der Waals surface area contributed by atoms with Crippen LogP contribution in [0.4, 0.5) is 13.2 Å². The van der Waals surface area contributed by atoms with E-state index in [1.807, 2.05) is 13.8 Å². The summed E-state index contributed by atoms with van der Waals surface area (Å²) in [5.41, 5.74) is 0.305. The van der Waals surface area contributed by atoms with Crippen molar-refractivity contribution < 1.29 is 27.4 Å². The summed E-state index contributed by atoms with van der Waals surface area (Å²) in [7, 11) is 0. The minimum atomic E-state index is -4.69. The van der Waals surface area contributed by atoms with Crippen LogP contribution >= 0.6 is 0 Å². The average Bonchev–Trinajstić information content (AvgIpc) is 2.36. The zero-order valence-corrected chi connectivity index (χ0v) is 12.8. The van der Waals surface area contributed by atoms with Gasteiger partial charge in [-0.2, -0.15) is 0 Å². The van der Waals surface area contributed by atoms with Crippen LogP contribution in [-0.4, -0.2) is 24.5 Å². The molecule has 7 heteroatoms. The molecule has 0 bridgehead atoms. The van der Waals surface area contributed by atoms with Crippen molar-refractivity contribution >= 4 is 5.97 Å². The summed E-state index contributed by atoms with van der Waals surface area (Å²) in [6.45, 7) is 6.19. The number of benzene rings is 1. The Kier molecular flexibility index (Phi) is 6.22. The van der Waals surface area contributed by atoms with E-state index < -0.39 is 11.9 Å². The van der Waals surface area contributed by atoms with Crippen LogP contribution in [-0.2, 0) is 16.1 Å². The van der Waals surface area contributed by atoms with Crippen molar-refractivity contribution in [1.82, 2.24) is 5.32 Å². The molecule has 0 fully saturated rings. The Bertz CT molecular complexity index is 484. The van der Waals surface area contributed by atoms with Gasteiger partial charge in [0.1, 0.15) is 5.75 Å². The molecule has 0 aliphatic heterocycles. The first kappa shape index (κ1) is 18.3. The van der Waals surface area contributed by atoms with Gasteiger partial charge in [0, 0.05) is 12.1 Å². The molecule has 0 saturated carbocycles. The van der Waals surface area contributed by atoms with Gasteiger partial charge < -0.3 is 14.8 Å². The lowest BCUT2D eigenvalue weighted by atomic mass is 10.0. The van der Waals surface area contributed by atoms with Gasteiger partial charge in [0.05, 0.1) is 13.0 Å². The van der Waals surface area contributed by atoms with Crippen molar-refractivity contribution in [2.75, 3.05) is 6.61 Å². The van der Waals surface area contributed by atoms with E-state index in [0.717, 1.165) is 5.56 Å². The standard InChI is InChI=1S/C15H20F3NO3/c1-4-21-13(20)9-14(2,3)19-10-11-5-7-12(8-6-11)22-15(16,17)18/h5-8,19H,4,9-10H2,1-3H3.